The number of hydrogen-bond donors (Lipinski definition) is 2. The van der Waals surface area contributed by atoms with Crippen molar-refractivity contribution in [1.82, 2.24) is 25.1 Å². The Morgan fingerprint density at radius 1 is 1.20 bits per heavy atom. The second kappa shape index (κ2) is 11.6. The van der Waals surface area contributed by atoms with Crippen LogP contribution in [-0.4, -0.2) is 64.4 Å². The minimum Gasteiger partial charge on any atom is -0.492 e. The minimum atomic E-state index is -0.347. The molecular weight excluding hydrogens is 444 g/mol. The summed E-state index contributed by atoms with van der Waals surface area (Å²) < 4.78 is 5.87. The van der Waals surface area contributed by atoms with Gasteiger partial charge in [-0.25, -0.2) is 10.1 Å². The van der Waals surface area contributed by atoms with Gasteiger partial charge < -0.3 is 19.9 Å². The number of nitrogens with zero attached hydrogens (tertiary/aromatic N) is 6. The van der Waals surface area contributed by atoms with Crippen molar-refractivity contribution >= 4 is 28.4 Å². The highest BCUT2D eigenvalue weighted by Gasteiger charge is 2.22. The van der Waals surface area contributed by atoms with Crippen molar-refractivity contribution in [1.29, 1.82) is 5.26 Å². The van der Waals surface area contributed by atoms with E-state index < -0.39 is 0 Å². The molecule has 0 atom stereocenters. The molecule has 0 amide bonds. The Labute approximate surface area is 204 Å². The Kier molecular flexibility index (Phi) is 8.11. The number of H-pyrrole nitrogens is 1. The predicted molar refractivity (Wildman–Crippen MR) is 136 cm³/mol. The van der Waals surface area contributed by atoms with E-state index in [1.165, 1.54) is 0 Å². The number of piperidine rings is 1. The molecule has 0 radical (unpaired) electrons. The number of nitrogens with one attached hydrogen (secondary N) is 2. The summed E-state index contributed by atoms with van der Waals surface area (Å²) >= 11 is 0. The molecule has 0 aliphatic carbocycles. The van der Waals surface area contributed by atoms with Crippen LogP contribution in [0.3, 0.4) is 0 Å². The lowest BCUT2D eigenvalue weighted by Gasteiger charge is -2.31. The molecule has 10 heteroatoms. The van der Waals surface area contributed by atoms with Crippen LogP contribution in [-0.2, 0) is 0 Å². The smallest absolute Gasteiger partial charge is 0.277 e. The highest BCUT2D eigenvalue weighted by Crippen LogP contribution is 2.28. The second-order valence-corrected chi connectivity index (χ2v) is 8.65. The van der Waals surface area contributed by atoms with Gasteiger partial charge in [0, 0.05) is 31.7 Å². The Morgan fingerprint density at radius 3 is 2.63 bits per heavy atom. The first kappa shape index (κ1) is 24.4. The maximum absolute atomic E-state index is 12.6. The first-order valence-electron chi connectivity index (χ1n) is 12.2. The summed E-state index contributed by atoms with van der Waals surface area (Å²) in [7, 11) is 0. The summed E-state index contributed by atoms with van der Waals surface area (Å²) in [6.07, 6.45) is 3.96. The van der Waals surface area contributed by atoms with Crippen molar-refractivity contribution in [2.45, 2.75) is 33.1 Å². The van der Waals surface area contributed by atoms with E-state index in [1.54, 1.807) is 6.20 Å². The van der Waals surface area contributed by atoms with Crippen molar-refractivity contribution in [3.05, 3.63) is 40.8 Å². The highest BCUT2D eigenvalue weighted by molar-refractivity contribution is 5.90. The molecule has 0 spiro atoms. The maximum Gasteiger partial charge on any atom is 0.277 e. The fourth-order valence-electron chi connectivity index (χ4n) is 4.29. The van der Waals surface area contributed by atoms with E-state index in [0.717, 1.165) is 57.0 Å². The molecular formula is C25H32N8O2. The molecule has 0 saturated carbocycles. The van der Waals surface area contributed by atoms with Crippen LogP contribution < -0.4 is 20.5 Å². The van der Waals surface area contributed by atoms with Gasteiger partial charge in [0.15, 0.2) is 0 Å². The molecule has 1 fully saturated rings. The van der Waals surface area contributed by atoms with E-state index in [0.29, 0.717) is 41.6 Å². The maximum atomic E-state index is 12.6. The van der Waals surface area contributed by atoms with Crippen LogP contribution in [0.1, 0.15) is 33.1 Å². The molecule has 1 aliphatic rings. The molecule has 4 rings (SSSR count). The van der Waals surface area contributed by atoms with Crippen molar-refractivity contribution in [3.63, 3.8) is 0 Å². The fourth-order valence-corrected chi connectivity index (χ4v) is 4.29. The fraction of sp³-hybridized carbons (Fsp3) is 0.480. The first-order chi connectivity index (χ1) is 17.1. The van der Waals surface area contributed by atoms with E-state index in [2.05, 4.69) is 50.2 Å². The standard InChI is InChI=1S/C25H32N8O2/c1-3-32(4-2)15-16-35-20-7-5-19(6-8-20)28-23-22-21(17-27-31-24(22)34)29-25(30-23)33-13-10-18(9-12-26)11-14-33/h5-8,17-18H,3-4,9-11,13-16H2,1-2H3,(H,31,34)(H,28,29,30). The normalized spacial score (nSPS) is 14.3. The van der Waals surface area contributed by atoms with E-state index in [1.807, 2.05) is 24.3 Å². The zero-order valence-electron chi connectivity index (χ0n) is 20.3. The highest BCUT2D eigenvalue weighted by atomic mass is 16.5. The summed E-state index contributed by atoms with van der Waals surface area (Å²) in [5.74, 6) is 2.19. The monoisotopic (exact) mass is 476 g/mol. The van der Waals surface area contributed by atoms with Crippen molar-refractivity contribution < 1.29 is 4.74 Å². The lowest BCUT2D eigenvalue weighted by atomic mass is 9.94. The van der Waals surface area contributed by atoms with Gasteiger partial charge in [-0.05, 0) is 56.1 Å². The van der Waals surface area contributed by atoms with E-state index in [4.69, 9.17) is 15.0 Å². The third kappa shape index (κ3) is 6.05. The Hall–Kier alpha value is -3.71. The molecule has 2 aromatic heterocycles. The second-order valence-electron chi connectivity index (χ2n) is 8.65. The Morgan fingerprint density at radius 2 is 1.94 bits per heavy atom. The first-order valence-corrected chi connectivity index (χ1v) is 12.2. The van der Waals surface area contributed by atoms with Crippen LogP contribution in [0.25, 0.3) is 10.9 Å². The van der Waals surface area contributed by atoms with Gasteiger partial charge in [0.1, 0.15) is 29.1 Å². The van der Waals surface area contributed by atoms with Crippen LogP contribution in [0.4, 0.5) is 17.5 Å². The summed E-state index contributed by atoms with van der Waals surface area (Å²) in [4.78, 5) is 26.3. The molecule has 3 heterocycles. The van der Waals surface area contributed by atoms with Crippen LogP contribution >= 0.6 is 0 Å². The number of rotatable bonds is 10. The van der Waals surface area contributed by atoms with Gasteiger partial charge >= 0.3 is 0 Å². The number of ether oxygens (including phenoxy) is 1. The number of nitriles is 1. The molecule has 1 aliphatic heterocycles. The van der Waals surface area contributed by atoms with Gasteiger partial charge in [0.05, 0.1) is 12.3 Å². The summed E-state index contributed by atoms with van der Waals surface area (Å²) in [6.45, 7) is 9.35. The van der Waals surface area contributed by atoms with Gasteiger partial charge in [0.2, 0.25) is 5.95 Å². The number of hydrogen-bond acceptors (Lipinski definition) is 9. The Balaban J connectivity index is 1.51. The number of aromatic nitrogens is 4. The molecule has 10 nitrogen and oxygen atoms in total. The average Bonchev–Trinajstić information content (AvgIpc) is 2.88. The largest absolute Gasteiger partial charge is 0.492 e. The van der Waals surface area contributed by atoms with Gasteiger partial charge in [-0.15, -0.1) is 0 Å². The van der Waals surface area contributed by atoms with Crippen molar-refractivity contribution in [2.24, 2.45) is 5.92 Å². The molecule has 2 N–H and O–H groups in total. The summed E-state index contributed by atoms with van der Waals surface area (Å²) in [5.41, 5.74) is 0.924. The summed E-state index contributed by atoms with van der Waals surface area (Å²) in [6, 6.07) is 9.89. The number of anilines is 3. The molecule has 1 aromatic carbocycles. The lowest BCUT2D eigenvalue weighted by molar-refractivity contribution is 0.223. The minimum absolute atomic E-state index is 0.347. The molecule has 0 unspecified atom stereocenters. The van der Waals surface area contributed by atoms with Gasteiger partial charge in [-0.3, -0.25) is 4.79 Å². The lowest BCUT2D eigenvalue weighted by Crippen LogP contribution is -2.35. The molecule has 184 valence electrons. The summed E-state index contributed by atoms with van der Waals surface area (Å²) in [5, 5.41) is 19.0. The predicted octanol–water partition coefficient (Wildman–Crippen LogP) is 3.31. The van der Waals surface area contributed by atoms with Crippen LogP contribution in [0.2, 0.25) is 0 Å². The molecule has 3 aromatic rings. The van der Waals surface area contributed by atoms with E-state index in [9.17, 15) is 4.79 Å². The SMILES string of the molecule is CCN(CC)CCOc1ccc(Nc2nc(N3CCC(CC#N)CC3)nc3cn[nH]c(=O)c23)cc1. The average molecular weight is 477 g/mol. The topological polar surface area (TPSA) is 123 Å². The third-order valence-corrected chi connectivity index (χ3v) is 6.47. The zero-order valence-corrected chi connectivity index (χ0v) is 20.3. The Bertz CT molecular complexity index is 1210. The van der Waals surface area contributed by atoms with E-state index >= 15 is 0 Å². The van der Waals surface area contributed by atoms with Gasteiger partial charge in [-0.2, -0.15) is 15.3 Å². The van der Waals surface area contributed by atoms with Crippen LogP contribution in [0.5, 0.6) is 5.75 Å². The van der Waals surface area contributed by atoms with Crippen LogP contribution in [0, 0.1) is 17.2 Å². The number of benzene rings is 1. The molecule has 0 bridgehead atoms. The van der Waals surface area contributed by atoms with Crippen molar-refractivity contribution in [2.75, 3.05) is 49.5 Å². The molecule has 35 heavy (non-hydrogen) atoms. The quantitative estimate of drug-likeness (QED) is 0.453. The third-order valence-electron chi connectivity index (χ3n) is 6.47. The number of likely N-dealkylation sites (N-methyl/N-ethyl adjacent to an activating group) is 1. The molecule has 1 saturated heterocycles. The van der Waals surface area contributed by atoms with Gasteiger partial charge in [-0.1, -0.05) is 13.8 Å². The van der Waals surface area contributed by atoms with Crippen molar-refractivity contribution in [3.8, 4) is 11.8 Å². The van der Waals surface area contributed by atoms with Crippen LogP contribution in [0.15, 0.2) is 35.3 Å². The van der Waals surface area contributed by atoms with Gasteiger partial charge in [0.25, 0.3) is 5.56 Å². The van der Waals surface area contributed by atoms with E-state index in [-0.39, 0.29) is 5.56 Å². The zero-order chi connectivity index (χ0) is 24.6. The number of aromatic amines is 1. The number of fused-ring (bicyclic) bond motifs is 1.